The number of hydrogen-bond donors (Lipinski definition) is 2. The van der Waals surface area contributed by atoms with Gasteiger partial charge in [0.05, 0.1) is 12.6 Å². The number of nitrogens with zero attached hydrogens (tertiary/aromatic N) is 2. The van der Waals surface area contributed by atoms with Crippen LogP contribution in [0.1, 0.15) is 83.6 Å². The molecule has 43 heavy (non-hydrogen) atoms. The fourth-order valence-corrected chi connectivity index (χ4v) is 7.31. The smallest absolute Gasteiger partial charge is 0.410 e. The summed E-state index contributed by atoms with van der Waals surface area (Å²) < 4.78 is 11.2. The van der Waals surface area contributed by atoms with Crippen molar-refractivity contribution in [1.82, 2.24) is 15.1 Å². The third-order valence-corrected chi connectivity index (χ3v) is 9.69. The number of carbonyl (C=O) groups excluding carboxylic acids is 3. The van der Waals surface area contributed by atoms with Crippen LogP contribution in [0.2, 0.25) is 0 Å². The molecular weight excluding hydrogens is 550 g/mol. The molecule has 10 heteroatoms. The van der Waals surface area contributed by atoms with Crippen LogP contribution in [-0.2, 0) is 30.5 Å². The van der Waals surface area contributed by atoms with Crippen LogP contribution in [0.25, 0.3) is 0 Å². The summed E-state index contributed by atoms with van der Waals surface area (Å²) in [6, 6.07) is 7.08. The summed E-state index contributed by atoms with van der Waals surface area (Å²) in [4.78, 5) is 55.9. The maximum absolute atomic E-state index is 13.8. The van der Waals surface area contributed by atoms with Crippen LogP contribution in [-0.4, -0.2) is 82.2 Å². The molecule has 1 aromatic rings. The first-order valence-corrected chi connectivity index (χ1v) is 16.2. The minimum Gasteiger partial charge on any atom is -0.480 e. The maximum Gasteiger partial charge on any atom is 0.410 e. The van der Waals surface area contributed by atoms with Crippen molar-refractivity contribution in [2.75, 3.05) is 13.2 Å². The molecular formula is C33H47N3O7. The van der Waals surface area contributed by atoms with Crippen molar-refractivity contribution in [1.29, 1.82) is 0 Å². The second-order valence-electron chi connectivity index (χ2n) is 12.8. The first-order chi connectivity index (χ1) is 20.8. The van der Waals surface area contributed by atoms with Crippen LogP contribution < -0.4 is 5.32 Å². The van der Waals surface area contributed by atoms with Gasteiger partial charge in [-0.05, 0) is 88.5 Å². The van der Waals surface area contributed by atoms with Crippen molar-refractivity contribution >= 4 is 23.9 Å². The SMILES string of the molecule is CCOC(=O)C(CCN(C(=O)OCc1ccccc1)C(C1CC1)C1CC1)N[C@@H](C)C(=O)N1C2CCCCC2C[C@H]1C(=O)O. The number of hydrogen-bond acceptors (Lipinski definition) is 7. The zero-order valence-corrected chi connectivity index (χ0v) is 25.5. The lowest BCUT2D eigenvalue weighted by Crippen LogP contribution is -2.56. The third kappa shape index (κ3) is 7.69. The summed E-state index contributed by atoms with van der Waals surface area (Å²) >= 11 is 0. The molecule has 4 fully saturated rings. The minimum absolute atomic E-state index is 0.0781. The summed E-state index contributed by atoms with van der Waals surface area (Å²) in [5.41, 5.74) is 0.908. The van der Waals surface area contributed by atoms with Crippen LogP contribution >= 0.6 is 0 Å². The Balaban J connectivity index is 1.28. The van der Waals surface area contributed by atoms with Gasteiger partial charge in [-0.15, -0.1) is 0 Å². The van der Waals surface area contributed by atoms with Gasteiger partial charge in [0.25, 0.3) is 0 Å². The average molecular weight is 598 g/mol. The first kappa shape index (κ1) is 31.3. The summed E-state index contributed by atoms with van der Waals surface area (Å²) in [5.74, 6) is -0.683. The number of ether oxygens (including phenoxy) is 2. The van der Waals surface area contributed by atoms with Crippen molar-refractivity contribution in [2.24, 2.45) is 17.8 Å². The van der Waals surface area contributed by atoms with Gasteiger partial charge in [0, 0.05) is 18.6 Å². The van der Waals surface area contributed by atoms with E-state index in [1.807, 2.05) is 35.2 Å². The summed E-state index contributed by atoms with van der Waals surface area (Å²) in [7, 11) is 0. The fraction of sp³-hybridized carbons (Fsp3) is 0.697. The molecule has 1 aliphatic heterocycles. The van der Waals surface area contributed by atoms with E-state index in [-0.39, 0.29) is 56.2 Å². The van der Waals surface area contributed by atoms with E-state index in [2.05, 4.69) is 5.32 Å². The van der Waals surface area contributed by atoms with Gasteiger partial charge < -0.3 is 24.4 Å². The van der Waals surface area contributed by atoms with E-state index in [1.165, 1.54) is 0 Å². The highest BCUT2D eigenvalue weighted by Gasteiger charge is 2.49. The highest BCUT2D eigenvalue weighted by atomic mass is 16.6. The van der Waals surface area contributed by atoms with E-state index in [9.17, 15) is 24.3 Å². The van der Waals surface area contributed by atoms with Gasteiger partial charge >= 0.3 is 18.0 Å². The molecule has 1 saturated heterocycles. The highest BCUT2D eigenvalue weighted by molar-refractivity contribution is 5.88. The van der Waals surface area contributed by atoms with E-state index in [1.54, 1.807) is 18.7 Å². The molecule has 1 heterocycles. The number of carbonyl (C=O) groups is 4. The number of aliphatic carboxylic acids is 1. The van der Waals surface area contributed by atoms with Gasteiger partial charge in [-0.3, -0.25) is 14.9 Å². The zero-order valence-electron chi connectivity index (χ0n) is 25.5. The number of carboxylic acids is 1. The predicted molar refractivity (Wildman–Crippen MR) is 159 cm³/mol. The Morgan fingerprint density at radius 2 is 1.67 bits per heavy atom. The second-order valence-corrected chi connectivity index (χ2v) is 12.8. The molecule has 2 N–H and O–H groups in total. The van der Waals surface area contributed by atoms with Crippen LogP contribution in [0.3, 0.4) is 0 Å². The van der Waals surface area contributed by atoms with Gasteiger partial charge in [0.15, 0.2) is 0 Å². The maximum atomic E-state index is 13.8. The Bertz CT molecular complexity index is 1130. The van der Waals surface area contributed by atoms with Crippen LogP contribution in [0.5, 0.6) is 0 Å². The molecule has 5 atom stereocenters. The highest BCUT2D eigenvalue weighted by Crippen LogP contribution is 2.47. The van der Waals surface area contributed by atoms with Gasteiger partial charge in [-0.1, -0.05) is 43.2 Å². The Hall–Kier alpha value is -3.14. The molecule has 4 aliphatic rings. The lowest BCUT2D eigenvalue weighted by Gasteiger charge is -2.36. The standard InChI is InChI=1S/C33H47N3O7/c1-3-42-32(40)26(34-21(2)30(37)36-27-12-8-7-11-25(27)19-28(36)31(38)39)17-18-35(29(23-13-14-23)24-15-16-24)33(41)43-20-22-9-5-4-6-10-22/h4-6,9-10,21,23-29,34H,3,7-8,11-20H2,1-2H3,(H,38,39)/t21-,25?,26?,27?,28-/m0/s1. The molecule has 10 nitrogen and oxygen atoms in total. The van der Waals surface area contributed by atoms with E-state index >= 15 is 0 Å². The number of nitrogens with one attached hydrogen (secondary N) is 1. The Kier molecular flexibility index (Phi) is 10.3. The Labute approximate surface area is 254 Å². The quantitative estimate of drug-likeness (QED) is 0.303. The van der Waals surface area contributed by atoms with Crippen molar-refractivity contribution in [2.45, 2.75) is 115 Å². The average Bonchev–Trinajstić information content (AvgIpc) is 3.95. The van der Waals surface area contributed by atoms with Gasteiger partial charge in [-0.2, -0.15) is 0 Å². The number of carboxylic acid groups (broad SMARTS) is 1. The molecule has 2 amide bonds. The van der Waals surface area contributed by atoms with Gasteiger partial charge in [0.2, 0.25) is 5.91 Å². The van der Waals surface area contributed by atoms with E-state index < -0.39 is 30.1 Å². The number of amides is 2. The fourth-order valence-electron chi connectivity index (χ4n) is 7.31. The third-order valence-electron chi connectivity index (χ3n) is 9.69. The summed E-state index contributed by atoms with van der Waals surface area (Å²) in [6.45, 7) is 4.07. The number of fused-ring (bicyclic) bond motifs is 1. The number of benzene rings is 1. The van der Waals surface area contributed by atoms with E-state index in [0.29, 0.717) is 18.3 Å². The van der Waals surface area contributed by atoms with Crippen molar-refractivity contribution < 1.29 is 33.8 Å². The first-order valence-electron chi connectivity index (χ1n) is 16.2. The van der Waals surface area contributed by atoms with E-state index in [0.717, 1.165) is 56.9 Å². The molecule has 3 saturated carbocycles. The predicted octanol–water partition coefficient (Wildman–Crippen LogP) is 4.36. The van der Waals surface area contributed by atoms with Crippen LogP contribution in [0, 0.1) is 17.8 Å². The minimum atomic E-state index is -0.979. The molecule has 0 aromatic heterocycles. The van der Waals surface area contributed by atoms with E-state index in [4.69, 9.17) is 9.47 Å². The zero-order chi connectivity index (χ0) is 30.5. The number of esters is 1. The Morgan fingerprint density at radius 3 is 2.30 bits per heavy atom. The van der Waals surface area contributed by atoms with Crippen LogP contribution in [0.4, 0.5) is 4.79 Å². The lowest BCUT2D eigenvalue weighted by atomic mass is 9.84. The molecule has 5 rings (SSSR count). The molecule has 3 unspecified atom stereocenters. The summed E-state index contributed by atoms with van der Waals surface area (Å²) in [6.07, 6.45) is 8.44. The molecule has 236 valence electrons. The van der Waals surface area contributed by atoms with Crippen LogP contribution in [0.15, 0.2) is 30.3 Å². The van der Waals surface area contributed by atoms with Gasteiger partial charge in [-0.25, -0.2) is 9.59 Å². The molecule has 3 aliphatic carbocycles. The Morgan fingerprint density at radius 1 is 1.00 bits per heavy atom. The van der Waals surface area contributed by atoms with Crippen molar-refractivity contribution in [3.8, 4) is 0 Å². The molecule has 0 spiro atoms. The second kappa shape index (κ2) is 14.1. The van der Waals surface area contributed by atoms with Crippen molar-refractivity contribution in [3.63, 3.8) is 0 Å². The van der Waals surface area contributed by atoms with Gasteiger partial charge in [0.1, 0.15) is 18.7 Å². The van der Waals surface area contributed by atoms with Crippen molar-refractivity contribution in [3.05, 3.63) is 35.9 Å². The molecule has 0 bridgehead atoms. The normalized spacial score (nSPS) is 24.6. The summed E-state index contributed by atoms with van der Waals surface area (Å²) in [5, 5.41) is 13.1. The number of likely N-dealkylation sites (tertiary alicyclic amines) is 1. The topological polar surface area (TPSA) is 125 Å². The monoisotopic (exact) mass is 597 g/mol. The largest absolute Gasteiger partial charge is 0.480 e. The lowest BCUT2D eigenvalue weighted by molar-refractivity contribution is -0.152. The molecule has 1 aromatic carbocycles. The number of rotatable bonds is 14. The molecule has 0 radical (unpaired) electrons.